The van der Waals surface area contributed by atoms with Gasteiger partial charge in [-0.05, 0) is 32.8 Å². The predicted octanol–water partition coefficient (Wildman–Crippen LogP) is 2.13. The number of halogens is 1. The number of rotatable bonds is 1. The lowest BCUT2D eigenvalue weighted by Crippen LogP contribution is -2.34. The van der Waals surface area contributed by atoms with Gasteiger partial charge >= 0.3 is 0 Å². The lowest BCUT2D eigenvalue weighted by molar-refractivity contribution is 0.0932. The number of nitrogens with two attached hydrogens (primary N) is 1. The highest BCUT2D eigenvalue weighted by molar-refractivity contribution is 6.00. The molecular formula is C21H25FN8O2. The lowest BCUT2D eigenvalue weighted by atomic mass is 10.1. The molecule has 2 aliphatic rings. The third-order valence-electron chi connectivity index (χ3n) is 5.85. The van der Waals surface area contributed by atoms with E-state index in [-0.39, 0.29) is 12.5 Å². The summed E-state index contributed by atoms with van der Waals surface area (Å²) >= 11 is 0. The summed E-state index contributed by atoms with van der Waals surface area (Å²) in [6.45, 7) is 5.59. The Labute approximate surface area is 184 Å². The molecule has 11 heteroatoms. The minimum atomic E-state index is -0.466. The highest BCUT2D eigenvalue weighted by Crippen LogP contribution is 2.37. The molecule has 0 aliphatic carbocycles. The normalized spacial score (nSPS) is 21.2. The van der Waals surface area contributed by atoms with Crippen molar-refractivity contribution in [3.05, 3.63) is 35.4 Å². The van der Waals surface area contributed by atoms with Crippen molar-refractivity contribution < 1.29 is 13.9 Å². The quantitative estimate of drug-likeness (QED) is 0.526. The summed E-state index contributed by atoms with van der Waals surface area (Å²) in [6.07, 6.45) is 4.28. The fourth-order valence-corrected chi connectivity index (χ4v) is 4.22. The number of aromatic nitrogens is 4. The molecule has 0 saturated carbocycles. The highest BCUT2D eigenvalue weighted by atomic mass is 19.1. The van der Waals surface area contributed by atoms with Crippen LogP contribution in [0.4, 0.5) is 21.7 Å². The average molecular weight is 440 g/mol. The maximum absolute atomic E-state index is 14.1. The molecule has 0 unspecified atom stereocenters. The number of carbonyl (C=O) groups is 1. The van der Waals surface area contributed by atoms with Crippen LogP contribution in [-0.4, -0.2) is 51.2 Å². The van der Waals surface area contributed by atoms with Crippen molar-refractivity contribution in [1.82, 2.24) is 24.9 Å². The van der Waals surface area contributed by atoms with E-state index in [0.717, 1.165) is 32.1 Å². The van der Waals surface area contributed by atoms with Gasteiger partial charge in [0.1, 0.15) is 23.2 Å². The summed E-state index contributed by atoms with van der Waals surface area (Å²) in [5.74, 6) is 0.394. The number of nitrogen functional groups attached to an aromatic ring is 1. The van der Waals surface area contributed by atoms with Gasteiger partial charge in [-0.1, -0.05) is 0 Å². The number of hydrogen-bond donors (Lipinski definition) is 3. The monoisotopic (exact) mass is 440 g/mol. The fourth-order valence-electron chi connectivity index (χ4n) is 4.22. The van der Waals surface area contributed by atoms with E-state index in [1.807, 2.05) is 13.8 Å². The molecule has 168 valence electrons. The number of anilines is 3. The molecule has 2 atom stereocenters. The van der Waals surface area contributed by atoms with Gasteiger partial charge in [0.25, 0.3) is 5.91 Å². The molecule has 1 saturated heterocycles. The van der Waals surface area contributed by atoms with E-state index in [9.17, 15) is 9.18 Å². The van der Waals surface area contributed by atoms with Gasteiger partial charge < -0.3 is 26.0 Å². The summed E-state index contributed by atoms with van der Waals surface area (Å²) in [6, 6.07) is 0.999. The van der Waals surface area contributed by atoms with Crippen molar-refractivity contribution in [2.45, 2.75) is 38.8 Å². The summed E-state index contributed by atoms with van der Waals surface area (Å²) in [5.41, 5.74) is 8.46. The number of pyridine rings is 1. The van der Waals surface area contributed by atoms with Crippen LogP contribution >= 0.6 is 0 Å². The van der Waals surface area contributed by atoms with Crippen LogP contribution in [0.5, 0.6) is 5.88 Å². The van der Waals surface area contributed by atoms with E-state index < -0.39 is 18.0 Å². The molecule has 5 heterocycles. The van der Waals surface area contributed by atoms with E-state index in [4.69, 9.17) is 15.5 Å². The van der Waals surface area contributed by atoms with Gasteiger partial charge in [-0.3, -0.25) is 4.79 Å². The Kier molecular flexibility index (Phi) is 4.95. The highest BCUT2D eigenvalue weighted by Gasteiger charge is 2.28. The maximum atomic E-state index is 14.1. The van der Waals surface area contributed by atoms with Gasteiger partial charge in [0.2, 0.25) is 5.88 Å². The van der Waals surface area contributed by atoms with Crippen molar-refractivity contribution in [2.24, 2.45) is 0 Å². The van der Waals surface area contributed by atoms with Crippen molar-refractivity contribution in [2.75, 3.05) is 35.6 Å². The maximum Gasteiger partial charge on any atom is 0.256 e. The number of nitrogens with one attached hydrogen (secondary N) is 2. The molecular weight excluding hydrogens is 415 g/mol. The van der Waals surface area contributed by atoms with E-state index >= 15 is 0 Å². The minimum Gasteiger partial charge on any atom is -0.473 e. The van der Waals surface area contributed by atoms with E-state index in [0.29, 0.717) is 40.0 Å². The zero-order chi connectivity index (χ0) is 22.4. The average Bonchev–Trinajstić information content (AvgIpc) is 3.43. The summed E-state index contributed by atoms with van der Waals surface area (Å²) < 4.78 is 21.5. The standard InChI is InChI=1S/C21H25FN8O2/c1-11-8-24-20(31)15-10-26-30-17(23)16(29-5-3-4-6-29)18(28-19(15)30)27-12(2)14-7-13(22)9-25-21(14)32-11/h7,9-12H,3-6,8,23H2,1-2H3,(H,24,31)(H,27,28)/t11-,12+/m0/s1. The first kappa shape index (κ1) is 20.3. The third kappa shape index (κ3) is 3.43. The molecule has 2 bridgehead atoms. The Morgan fingerprint density at radius 1 is 1.25 bits per heavy atom. The van der Waals surface area contributed by atoms with Crippen LogP contribution < -0.4 is 26.0 Å². The lowest BCUT2D eigenvalue weighted by Gasteiger charge is -2.26. The Bertz CT molecular complexity index is 1190. The van der Waals surface area contributed by atoms with Gasteiger partial charge in [0, 0.05) is 18.7 Å². The van der Waals surface area contributed by atoms with Crippen LogP contribution in [0.25, 0.3) is 5.65 Å². The molecule has 1 fully saturated rings. The van der Waals surface area contributed by atoms with E-state index in [2.05, 4.69) is 25.6 Å². The van der Waals surface area contributed by atoms with Crippen LogP contribution in [-0.2, 0) is 0 Å². The molecule has 4 N–H and O–H groups in total. The second-order valence-corrected chi connectivity index (χ2v) is 8.23. The predicted molar refractivity (Wildman–Crippen MR) is 118 cm³/mol. The molecule has 10 nitrogen and oxygen atoms in total. The van der Waals surface area contributed by atoms with Crippen molar-refractivity contribution in [1.29, 1.82) is 0 Å². The molecule has 3 aromatic rings. The Morgan fingerprint density at radius 2 is 2.03 bits per heavy atom. The molecule has 1 amide bonds. The van der Waals surface area contributed by atoms with Crippen LogP contribution in [0.2, 0.25) is 0 Å². The first-order valence-corrected chi connectivity index (χ1v) is 10.7. The summed E-state index contributed by atoms with van der Waals surface area (Å²) in [5, 5.41) is 10.5. The first-order chi connectivity index (χ1) is 15.4. The molecule has 2 aliphatic heterocycles. The number of hydrogen-bond acceptors (Lipinski definition) is 8. The van der Waals surface area contributed by atoms with Crippen LogP contribution in [0.15, 0.2) is 18.5 Å². The third-order valence-corrected chi connectivity index (χ3v) is 5.85. The number of ether oxygens (including phenoxy) is 1. The van der Waals surface area contributed by atoms with Crippen LogP contribution in [0.3, 0.4) is 0 Å². The minimum absolute atomic E-state index is 0.227. The number of amides is 1. The Balaban J connectivity index is 1.70. The van der Waals surface area contributed by atoms with Gasteiger partial charge in [-0.25, -0.2) is 14.4 Å². The van der Waals surface area contributed by atoms with Crippen molar-refractivity contribution in [3.8, 4) is 5.88 Å². The zero-order valence-corrected chi connectivity index (χ0v) is 17.9. The van der Waals surface area contributed by atoms with Crippen molar-refractivity contribution >= 4 is 28.9 Å². The molecule has 0 aromatic carbocycles. The van der Waals surface area contributed by atoms with Gasteiger partial charge in [0.05, 0.1) is 25.0 Å². The van der Waals surface area contributed by atoms with Gasteiger partial charge in [-0.15, -0.1) is 0 Å². The number of nitrogens with zero attached hydrogens (tertiary/aromatic N) is 5. The number of fused-ring (bicyclic) bond motifs is 2. The number of carbonyl (C=O) groups excluding carboxylic acids is 1. The van der Waals surface area contributed by atoms with Gasteiger partial charge in [-0.2, -0.15) is 9.61 Å². The van der Waals surface area contributed by atoms with E-state index in [1.165, 1.54) is 16.8 Å². The molecule has 3 aromatic heterocycles. The summed E-state index contributed by atoms with van der Waals surface area (Å²) in [7, 11) is 0. The molecule has 5 rings (SSSR count). The second-order valence-electron chi connectivity index (χ2n) is 8.23. The van der Waals surface area contributed by atoms with E-state index in [1.54, 1.807) is 0 Å². The second kappa shape index (κ2) is 7.81. The Morgan fingerprint density at radius 3 is 2.81 bits per heavy atom. The smallest absolute Gasteiger partial charge is 0.256 e. The molecule has 0 radical (unpaired) electrons. The summed E-state index contributed by atoms with van der Waals surface area (Å²) in [4.78, 5) is 23.9. The van der Waals surface area contributed by atoms with Crippen LogP contribution in [0, 0.1) is 5.82 Å². The largest absolute Gasteiger partial charge is 0.473 e. The Hall–Kier alpha value is -3.63. The van der Waals surface area contributed by atoms with Crippen LogP contribution in [0.1, 0.15) is 48.7 Å². The SMILES string of the molecule is C[C@H]1CNC(=O)c2cnn3c(N)c(N4CCCC4)c(nc23)N[C@H](C)c2cc(F)cnc2O1. The fraction of sp³-hybridized carbons (Fsp3) is 0.429. The van der Waals surface area contributed by atoms with Crippen molar-refractivity contribution in [3.63, 3.8) is 0 Å². The molecule has 0 spiro atoms. The topological polar surface area (TPSA) is 123 Å². The zero-order valence-electron chi connectivity index (χ0n) is 17.9. The first-order valence-electron chi connectivity index (χ1n) is 10.7. The molecule has 32 heavy (non-hydrogen) atoms. The van der Waals surface area contributed by atoms with Gasteiger partial charge in [0.15, 0.2) is 17.3 Å².